The van der Waals surface area contributed by atoms with Crippen molar-refractivity contribution in [2.45, 2.75) is 6.54 Å². The molecule has 0 amide bonds. The Kier molecular flexibility index (Phi) is 6.10. The Hall–Kier alpha value is -1.34. The van der Waals surface area contributed by atoms with Gasteiger partial charge in [0, 0.05) is 30.7 Å². The van der Waals surface area contributed by atoms with Crippen molar-refractivity contribution in [3.05, 3.63) is 39.8 Å². The predicted molar refractivity (Wildman–Crippen MR) is 93.6 cm³/mol. The van der Waals surface area contributed by atoms with E-state index in [1.807, 2.05) is 24.3 Å². The fraction of sp³-hybridized carbons (Fsp3) is 0.438. The summed E-state index contributed by atoms with van der Waals surface area (Å²) in [4.78, 5) is 7.51. The summed E-state index contributed by atoms with van der Waals surface area (Å²) in [5.74, 6) is 0.872. The van der Waals surface area contributed by atoms with Crippen molar-refractivity contribution in [3.63, 3.8) is 0 Å². The van der Waals surface area contributed by atoms with Gasteiger partial charge in [-0.25, -0.2) is 4.98 Å². The number of halogens is 1. The fourth-order valence-corrected chi connectivity index (χ4v) is 3.31. The number of para-hydroxylation sites is 2. The van der Waals surface area contributed by atoms with E-state index >= 15 is 0 Å². The lowest BCUT2D eigenvalue weighted by Gasteiger charge is -2.26. The molecule has 2 heterocycles. The number of anilines is 1. The average Bonchev–Trinajstić information content (AvgIpc) is 3.00. The van der Waals surface area contributed by atoms with E-state index in [-0.39, 0.29) is 0 Å². The van der Waals surface area contributed by atoms with E-state index in [1.165, 1.54) is 11.3 Å². The Labute approximate surface area is 145 Å². The molecule has 0 aliphatic carbocycles. The lowest BCUT2D eigenvalue weighted by molar-refractivity contribution is 0.0323. The minimum absolute atomic E-state index is 0.567. The number of benzene rings is 1. The summed E-state index contributed by atoms with van der Waals surface area (Å²) in [5.41, 5.74) is 0.985. The van der Waals surface area contributed by atoms with Gasteiger partial charge in [0.25, 0.3) is 0 Å². The van der Waals surface area contributed by atoms with Gasteiger partial charge >= 0.3 is 0 Å². The molecule has 0 spiro atoms. The molecule has 2 aromatic rings. The van der Waals surface area contributed by atoms with Crippen LogP contribution in [0.25, 0.3) is 0 Å². The van der Waals surface area contributed by atoms with Crippen LogP contribution in [0.4, 0.5) is 5.69 Å². The standard InChI is InChI=1S/C16H20ClN3O2S/c17-16-19-12-13(23-16)11-18-14-3-1-2-4-15(14)22-10-7-20-5-8-21-9-6-20/h1-4,12,18H,5-11H2. The van der Waals surface area contributed by atoms with Crippen molar-refractivity contribution in [1.82, 2.24) is 9.88 Å². The maximum absolute atomic E-state index is 5.95. The second-order valence-electron chi connectivity index (χ2n) is 5.23. The first-order valence-electron chi connectivity index (χ1n) is 7.67. The number of ether oxygens (including phenoxy) is 2. The van der Waals surface area contributed by atoms with E-state index in [2.05, 4.69) is 15.2 Å². The summed E-state index contributed by atoms with van der Waals surface area (Å²) >= 11 is 7.34. The summed E-state index contributed by atoms with van der Waals surface area (Å²) in [5, 5.41) is 3.38. The lowest BCUT2D eigenvalue weighted by atomic mass is 10.3. The van der Waals surface area contributed by atoms with Crippen LogP contribution in [0.3, 0.4) is 0 Å². The second-order valence-corrected chi connectivity index (χ2v) is 6.93. The zero-order valence-corrected chi connectivity index (χ0v) is 14.4. The fourth-order valence-electron chi connectivity index (χ4n) is 2.40. The average molecular weight is 354 g/mol. The molecule has 124 valence electrons. The molecule has 1 aromatic heterocycles. The molecule has 1 saturated heterocycles. The highest BCUT2D eigenvalue weighted by atomic mass is 35.5. The minimum Gasteiger partial charge on any atom is -0.490 e. The lowest BCUT2D eigenvalue weighted by Crippen LogP contribution is -2.38. The number of thiazole rings is 1. The highest BCUT2D eigenvalue weighted by Gasteiger charge is 2.10. The molecular formula is C16H20ClN3O2S. The summed E-state index contributed by atoms with van der Waals surface area (Å²) in [7, 11) is 0. The van der Waals surface area contributed by atoms with E-state index < -0.39 is 0 Å². The highest BCUT2D eigenvalue weighted by molar-refractivity contribution is 7.15. The first-order valence-corrected chi connectivity index (χ1v) is 8.87. The van der Waals surface area contributed by atoms with E-state index in [0.717, 1.165) is 49.2 Å². The van der Waals surface area contributed by atoms with Crippen LogP contribution in [-0.4, -0.2) is 49.3 Å². The number of hydrogen-bond donors (Lipinski definition) is 1. The zero-order chi connectivity index (χ0) is 15.9. The van der Waals surface area contributed by atoms with Crippen LogP contribution in [0.5, 0.6) is 5.75 Å². The highest BCUT2D eigenvalue weighted by Crippen LogP contribution is 2.25. The van der Waals surface area contributed by atoms with Crippen LogP contribution >= 0.6 is 22.9 Å². The third kappa shape index (κ3) is 5.07. The molecule has 1 N–H and O–H groups in total. The summed E-state index contributed by atoms with van der Waals surface area (Å²) in [6.07, 6.45) is 1.79. The largest absolute Gasteiger partial charge is 0.490 e. The maximum atomic E-state index is 5.95. The Balaban J connectivity index is 1.50. The van der Waals surface area contributed by atoms with Crippen molar-refractivity contribution >= 4 is 28.6 Å². The molecule has 0 atom stereocenters. The van der Waals surface area contributed by atoms with Crippen LogP contribution in [0.1, 0.15) is 4.88 Å². The molecule has 5 nitrogen and oxygen atoms in total. The Bertz CT molecular complexity index is 617. The summed E-state index contributed by atoms with van der Waals surface area (Å²) in [6, 6.07) is 7.99. The Morgan fingerprint density at radius 3 is 2.91 bits per heavy atom. The third-order valence-electron chi connectivity index (χ3n) is 3.63. The van der Waals surface area contributed by atoms with Gasteiger partial charge in [0.05, 0.1) is 25.4 Å². The number of morpholine rings is 1. The molecule has 1 aromatic carbocycles. The van der Waals surface area contributed by atoms with Crippen molar-refractivity contribution in [1.29, 1.82) is 0 Å². The van der Waals surface area contributed by atoms with E-state index in [1.54, 1.807) is 6.20 Å². The van der Waals surface area contributed by atoms with Gasteiger partial charge in [-0.05, 0) is 12.1 Å². The van der Waals surface area contributed by atoms with Gasteiger partial charge in [0.2, 0.25) is 0 Å². The third-order valence-corrected chi connectivity index (χ3v) is 4.75. The van der Waals surface area contributed by atoms with Crippen LogP contribution in [-0.2, 0) is 11.3 Å². The van der Waals surface area contributed by atoms with E-state index in [4.69, 9.17) is 21.1 Å². The number of nitrogens with zero attached hydrogens (tertiary/aromatic N) is 2. The Morgan fingerprint density at radius 2 is 2.13 bits per heavy atom. The van der Waals surface area contributed by atoms with E-state index in [9.17, 15) is 0 Å². The van der Waals surface area contributed by atoms with Crippen LogP contribution in [0.2, 0.25) is 4.47 Å². The van der Waals surface area contributed by atoms with Gasteiger partial charge in [-0.1, -0.05) is 23.7 Å². The van der Waals surface area contributed by atoms with Gasteiger partial charge in [-0.15, -0.1) is 11.3 Å². The minimum atomic E-state index is 0.567. The van der Waals surface area contributed by atoms with Crippen molar-refractivity contribution in [2.24, 2.45) is 0 Å². The molecule has 0 bridgehead atoms. The van der Waals surface area contributed by atoms with Crippen LogP contribution in [0.15, 0.2) is 30.5 Å². The zero-order valence-electron chi connectivity index (χ0n) is 12.8. The van der Waals surface area contributed by atoms with E-state index in [0.29, 0.717) is 17.6 Å². The smallest absolute Gasteiger partial charge is 0.183 e. The summed E-state index contributed by atoms with van der Waals surface area (Å²) < 4.78 is 11.9. The predicted octanol–water partition coefficient (Wildman–Crippen LogP) is 3.12. The van der Waals surface area contributed by atoms with Gasteiger partial charge in [0.15, 0.2) is 4.47 Å². The molecule has 0 unspecified atom stereocenters. The second kappa shape index (κ2) is 8.49. The first kappa shape index (κ1) is 16.5. The number of hydrogen-bond acceptors (Lipinski definition) is 6. The summed E-state index contributed by atoms with van der Waals surface area (Å²) in [6.45, 7) is 5.87. The quantitative estimate of drug-likeness (QED) is 0.828. The SMILES string of the molecule is Clc1ncc(CNc2ccccc2OCCN2CCOCC2)s1. The topological polar surface area (TPSA) is 46.6 Å². The normalized spacial score (nSPS) is 15.5. The molecule has 1 aliphatic heterocycles. The van der Waals surface area contributed by atoms with Gasteiger partial charge < -0.3 is 14.8 Å². The molecule has 0 saturated carbocycles. The molecule has 3 rings (SSSR count). The number of rotatable bonds is 7. The van der Waals surface area contributed by atoms with Gasteiger partial charge in [-0.2, -0.15) is 0 Å². The molecule has 7 heteroatoms. The molecule has 0 radical (unpaired) electrons. The van der Waals surface area contributed by atoms with Crippen molar-refractivity contribution in [2.75, 3.05) is 44.8 Å². The maximum Gasteiger partial charge on any atom is 0.183 e. The van der Waals surface area contributed by atoms with Crippen LogP contribution in [0, 0.1) is 0 Å². The molecule has 1 fully saturated rings. The monoisotopic (exact) mass is 353 g/mol. The van der Waals surface area contributed by atoms with Crippen LogP contribution < -0.4 is 10.1 Å². The molecular weight excluding hydrogens is 334 g/mol. The number of nitrogens with one attached hydrogen (secondary N) is 1. The number of aromatic nitrogens is 1. The first-order chi connectivity index (χ1) is 11.3. The van der Waals surface area contributed by atoms with Gasteiger partial charge in [0.1, 0.15) is 12.4 Å². The Morgan fingerprint density at radius 1 is 1.30 bits per heavy atom. The van der Waals surface area contributed by atoms with Crippen molar-refractivity contribution < 1.29 is 9.47 Å². The molecule has 23 heavy (non-hydrogen) atoms. The van der Waals surface area contributed by atoms with Gasteiger partial charge in [-0.3, -0.25) is 4.90 Å². The molecule has 1 aliphatic rings. The van der Waals surface area contributed by atoms with Crippen molar-refractivity contribution in [3.8, 4) is 5.75 Å².